The monoisotopic (exact) mass is 380 g/mol. The van der Waals surface area contributed by atoms with Crippen LogP contribution in [0.25, 0.3) is 10.9 Å². The van der Waals surface area contributed by atoms with Crippen molar-refractivity contribution in [1.29, 1.82) is 0 Å². The van der Waals surface area contributed by atoms with Crippen molar-refractivity contribution in [3.63, 3.8) is 0 Å². The molecule has 7 heteroatoms. The summed E-state index contributed by atoms with van der Waals surface area (Å²) >= 11 is 0. The molecule has 3 rings (SSSR count). The Morgan fingerprint density at radius 3 is 2.64 bits per heavy atom. The van der Waals surface area contributed by atoms with Gasteiger partial charge in [-0.15, -0.1) is 0 Å². The number of hydrogen-bond donors (Lipinski definition) is 3. The highest BCUT2D eigenvalue weighted by Crippen LogP contribution is 2.25. The Bertz CT molecular complexity index is 1010. The van der Waals surface area contributed by atoms with Gasteiger partial charge in [-0.1, -0.05) is 18.2 Å². The molecule has 2 amide bonds. The van der Waals surface area contributed by atoms with Crippen molar-refractivity contribution in [2.45, 2.75) is 6.42 Å². The zero-order chi connectivity index (χ0) is 20.1. The predicted octanol–water partition coefficient (Wildman–Crippen LogP) is 2.52. The lowest BCUT2D eigenvalue weighted by Crippen LogP contribution is -2.26. The third-order valence-electron chi connectivity index (χ3n) is 4.51. The molecule has 0 aliphatic carbocycles. The summed E-state index contributed by atoms with van der Waals surface area (Å²) in [6, 6.07) is 12.7. The van der Waals surface area contributed by atoms with Gasteiger partial charge >= 0.3 is 0 Å². The number of rotatable bonds is 7. The average Bonchev–Trinajstić information content (AvgIpc) is 3.05. The molecule has 4 N–H and O–H groups in total. The molecule has 0 saturated carbocycles. The van der Waals surface area contributed by atoms with E-state index in [1.54, 1.807) is 24.4 Å². The number of aromatic nitrogens is 1. The van der Waals surface area contributed by atoms with Crippen LogP contribution in [0.5, 0.6) is 5.75 Å². The summed E-state index contributed by atoms with van der Waals surface area (Å²) < 4.78 is 7.19. The molecule has 3 aromatic rings. The summed E-state index contributed by atoms with van der Waals surface area (Å²) in [6.45, 7) is 0.976. The first-order chi connectivity index (χ1) is 13.5. The molecule has 0 radical (unpaired) electrons. The Morgan fingerprint density at radius 2 is 1.89 bits per heavy atom. The summed E-state index contributed by atoms with van der Waals surface area (Å²) in [5, 5.41) is 6.54. The number of fused-ring (bicyclic) bond motifs is 1. The molecule has 0 atom stereocenters. The van der Waals surface area contributed by atoms with Crippen molar-refractivity contribution in [2.24, 2.45) is 12.8 Å². The maximum absolute atomic E-state index is 12.8. The van der Waals surface area contributed by atoms with Crippen LogP contribution in [0.4, 0.5) is 5.69 Å². The van der Waals surface area contributed by atoms with Crippen LogP contribution in [0.2, 0.25) is 0 Å². The fourth-order valence-corrected chi connectivity index (χ4v) is 3.08. The second-order valence-electron chi connectivity index (χ2n) is 6.44. The van der Waals surface area contributed by atoms with Gasteiger partial charge in [0.25, 0.3) is 11.8 Å². The van der Waals surface area contributed by atoms with E-state index in [9.17, 15) is 9.59 Å². The Kier molecular flexibility index (Phi) is 5.96. The topological polar surface area (TPSA) is 98.4 Å². The highest BCUT2D eigenvalue weighted by atomic mass is 16.5. The Hall–Kier alpha value is -3.32. The molecule has 28 heavy (non-hydrogen) atoms. The SMILES string of the molecule is COc1ccc(NC(=O)c2cn(C)c3ccccc23)cc1C(=O)NCCCN. The van der Waals surface area contributed by atoms with Crippen LogP contribution in [0.1, 0.15) is 27.1 Å². The molecular weight excluding hydrogens is 356 g/mol. The van der Waals surface area contributed by atoms with Crippen LogP contribution in [-0.2, 0) is 7.05 Å². The van der Waals surface area contributed by atoms with Gasteiger partial charge in [-0.05, 0) is 37.2 Å². The lowest BCUT2D eigenvalue weighted by atomic mass is 10.1. The van der Waals surface area contributed by atoms with Crippen LogP contribution in [0.15, 0.2) is 48.7 Å². The van der Waals surface area contributed by atoms with E-state index < -0.39 is 0 Å². The third-order valence-corrected chi connectivity index (χ3v) is 4.51. The minimum atomic E-state index is -0.272. The number of nitrogens with two attached hydrogens (primary N) is 1. The largest absolute Gasteiger partial charge is 0.496 e. The summed E-state index contributed by atoms with van der Waals surface area (Å²) in [5.74, 6) is -0.0728. The first kappa shape index (κ1) is 19.4. The lowest BCUT2D eigenvalue weighted by molar-refractivity contribution is 0.0949. The number of hydrogen-bond acceptors (Lipinski definition) is 4. The summed E-state index contributed by atoms with van der Waals surface area (Å²) in [6.07, 6.45) is 2.48. The molecule has 0 unspecified atom stereocenters. The molecule has 0 bridgehead atoms. The number of nitrogens with one attached hydrogen (secondary N) is 2. The standard InChI is InChI=1S/C21H24N4O3/c1-25-13-17(15-6-3-4-7-18(15)25)21(27)24-14-8-9-19(28-2)16(12-14)20(26)23-11-5-10-22/h3-4,6-9,12-13H,5,10-11,22H2,1-2H3,(H,23,26)(H,24,27). The molecule has 0 fully saturated rings. The van der Waals surface area contributed by atoms with Crippen LogP contribution in [0, 0.1) is 0 Å². The number of ether oxygens (including phenoxy) is 1. The van der Waals surface area contributed by atoms with Crippen molar-refractivity contribution in [2.75, 3.05) is 25.5 Å². The van der Waals surface area contributed by atoms with Gasteiger partial charge < -0.3 is 25.7 Å². The predicted molar refractivity (Wildman–Crippen MR) is 110 cm³/mol. The maximum atomic E-state index is 12.8. The number of carbonyl (C=O) groups is 2. The highest BCUT2D eigenvalue weighted by Gasteiger charge is 2.17. The summed E-state index contributed by atoms with van der Waals surface area (Å²) in [4.78, 5) is 25.3. The van der Waals surface area contributed by atoms with Crippen molar-refractivity contribution >= 4 is 28.4 Å². The van der Waals surface area contributed by atoms with Gasteiger partial charge in [-0.2, -0.15) is 0 Å². The van der Waals surface area contributed by atoms with E-state index in [0.29, 0.717) is 42.1 Å². The van der Waals surface area contributed by atoms with E-state index in [1.807, 2.05) is 35.9 Å². The van der Waals surface area contributed by atoms with Crippen LogP contribution in [0.3, 0.4) is 0 Å². The summed E-state index contributed by atoms with van der Waals surface area (Å²) in [7, 11) is 3.40. The molecule has 1 heterocycles. The van der Waals surface area contributed by atoms with E-state index in [4.69, 9.17) is 10.5 Å². The van der Waals surface area contributed by atoms with Gasteiger partial charge in [-0.25, -0.2) is 0 Å². The molecule has 2 aromatic carbocycles. The second kappa shape index (κ2) is 8.58. The summed E-state index contributed by atoms with van der Waals surface area (Å²) in [5.41, 5.74) is 7.88. The quantitative estimate of drug-likeness (QED) is 0.549. The number of nitrogens with zero attached hydrogens (tertiary/aromatic N) is 1. The Labute approximate surface area is 163 Å². The molecule has 0 saturated heterocycles. The van der Waals surface area contributed by atoms with Gasteiger partial charge in [0.05, 0.1) is 18.2 Å². The highest BCUT2D eigenvalue weighted by molar-refractivity contribution is 6.13. The Morgan fingerprint density at radius 1 is 1.11 bits per heavy atom. The number of aryl methyl sites for hydroxylation is 1. The zero-order valence-corrected chi connectivity index (χ0v) is 16.0. The van der Waals surface area contributed by atoms with Crippen LogP contribution in [-0.4, -0.2) is 36.6 Å². The molecule has 7 nitrogen and oxygen atoms in total. The van der Waals surface area contributed by atoms with Crippen molar-refractivity contribution in [1.82, 2.24) is 9.88 Å². The van der Waals surface area contributed by atoms with Crippen LogP contribution >= 0.6 is 0 Å². The van der Waals surface area contributed by atoms with Gasteiger partial charge in [0, 0.05) is 36.4 Å². The molecule has 0 spiro atoms. The third kappa shape index (κ3) is 3.99. The van der Waals surface area contributed by atoms with Gasteiger partial charge in [0.2, 0.25) is 0 Å². The van der Waals surface area contributed by atoms with Gasteiger partial charge in [0.1, 0.15) is 5.75 Å². The second-order valence-corrected chi connectivity index (χ2v) is 6.44. The number of amides is 2. The fourth-order valence-electron chi connectivity index (χ4n) is 3.08. The molecule has 0 aliphatic heterocycles. The average molecular weight is 380 g/mol. The normalized spacial score (nSPS) is 10.7. The van der Waals surface area contributed by atoms with Gasteiger partial charge in [0.15, 0.2) is 0 Å². The molecule has 146 valence electrons. The molecule has 0 aliphatic rings. The van der Waals surface area contributed by atoms with E-state index in [1.165, 1.54) is 7.11 Å². The fraction of sp³-hybridized carbons (Fsp3) is 0.238. The van der Waals surface area contributed by atoms with Crippen molar-refractivity contribution in [3.05, 3.63) is 59.8 Å². The lowest BCUT2D eigenvalue weighted by Gasteiger charge is -2.12. The molecular formula is C21H24N4O3. The van der Waals surface area contributed by atoms with Crippen molar-refractivity contribution in [3.8, 4) is 5.75 Å². The number of anilines is 1. The Balaban J connectivity index is 1.84. The zero-order valence-electron chi connectivity index (χ0n) is 16.0. The van der Waals surface area contributed by atoms with E-state index in [0.717, 1.165) is 10.9 Å². The first-order valence-corrected chi connectivity index (χ1v) is 9.07. The number of benzene rings is 2. The van der Waals surface area contributed by atoms with E-state index in [2.05, 4.69) is 10.6 Å². The minimum Gasteiger partial charge on any atom is -0.496 e. The van der Waals surface area contributed by atoms with Gasteiger partial charge in [-0.3, -0.25) is 9.59 Å². The maximum Gasteiger partial charge on any atom is 0.257 e. The van der Waals surface area contributed by atoms with Crippen LogP contribution < -0.4 is 21.1 Å². The smallest absolute Gasteiger partial charge is 0.257 e. The molecule has 1 aromatic heterocycles. The van der Waals surface area contributed by atoms with E-state index >= 15 is 0 Å². The number of methoxy groups -OCH3 is 1. The number of carbonyl (C=O) groups excluding carboxylic acids is 2. The van der Waals surface area contributed by atoms with E-state index in [-0.39, 0.29) is 11.8 Å². The minimum absolute atomic E-state index is 0.239. The first-order valence-electron chi connectivity index (χ1n) is 9.07. The number of para-hydroxylation sites is 1. The van der Waals surface area contributed by atoms with Crippen molar-refractivity contribution < 1.29 is 14.3 Å².